The van der Waals surface area contributed by atoms with Crippen LogP contribution in [0.2, 0.25) is 0 Å². The fourth-order valence-electron chi connectivity index (χ4n) is 1.48. The number of amides is 1. The minimum atomic E-state index is -0.244. The van der Waals surface area contributed by atoms with E-state index in [0.29, 0.717) is 13.0 Å². The lowest BCUT2D eigenvalue weighted by molar-refractivity contribution is -0.123. The Morgan fingerprint density at radius 2 is 2.33 bits per heavy atom. The second kappa shape index (κ2) is 5.47. The van der Waals surface area contributed by atoms with Crippen molar-refractivity contribution in [1.82, 2.24) is 5.32 Å². The quantitative estimate of drug-likeness (QED) is 0.709. The van der Waals surface area contributed by atoms with E-state index in [9.17, 15) is 4.79 Å². The molecule has 15 heavy (non-hydrogen) atoms. The molecule has 4 heteroatoms. The number of rotatable bonds is 5. The summed E-state index contributed by atoms with van der Waals surface area (Å²) in [7, 11) is 0. The van der Waals surface area contributed by atoms with Crippen molar-refractivity contribution < 1.29 is 14.6 Å². The number of hydrogen-bond donors (Lipinski definition) is 2. The molecule has 2 N–H and O–H groups in total. The summed E-state index contributed by atoms with van der Waals surface area (Å²) in [6.45, 7) is 5.20. The van der Waals surface area contributed by atoms with E-state index in [4.69, 9.17) is 9.84 Å². The summed E-state index contributed by atoms with van der Waals surface area (Å²) >= 11 is 0. The number of ether oxygens (including phenoxy) is 1. The first-order valence-corrected chi connectivity index (χ1v) is 5.53. The molecule has 1 rings (SSSR count). The van der Waals surface area contributed by atoms with Crippen LogP contribution in [0.5, 0.6) is 0 Å². The van der Waals surface area contributed by atoms with Crippen LogP contribution in [0.3, 0.4) is 0 Å². The Balaban J connectivity index is 2.18. The molecule has 1 fully saturated rings. The van der Waals surface area contributed by atoms with Gasteiger partial charge in [0.25, 0.3) is 0 Å². The van der Waals surface area contributed by atoms with Gasteiger partial charge in [0.1, 0.15) is 0 Å². The van der Waals surface area contributed by atoms with Gasteiger partial charge < -0.3 is 15.2 Å². The summed E-state index contributed by atoms with van der Waals surface area (Å²) in [4.78, 5) is 11.5. The van der Waals surface area contributed by atoms with Gasteiger partial charge >= 0.3 is 0 Å². The van der Waals surface area contributed by atoms with Crippen LogP contribution < -0.4 is 5.32 Å². The van der Waals surface area contributed by atoms with Gasteiger partial charge in [-0.25, -0.2) is 0 Å². The van der Waals surface area contributed by atoms with Crippen molar-refractivity contribution in [3.05, 3.63) is 0 Å². The first kappa shape index (κ1) is 12.5. The molecule has 1 unspecified atom stereocenters. The standard InChI is InChI=1S/C11H21NO3/c1-11(2,8-13)7-12-10(14)6-9-4-3-5-15-9/h9,13H,3-8H2,1-2H3,(H,12,14). The van der Waals surface area contributed by atoms with Crippen molar-refractivity contribution in [1.29, 1.82) is 0 Å². The van der Waals surface area contributed by atoms with Crippen molar-refractivity contribution in [3.63, 3.8) is 0 Å². The largest absolute Gasteiger partial charge is 0.396 e. The molecule has 88 valence electrons. The lowest BCUT2D eigenvalue weighted by Crippen LogP contribution is -2.37. The number of aliphatic hydroxyl groups is 1. The maximum Gasteiger partial charge on any atom is 0.222 e. The summed E-state index contributed by atoms with van der Waals surface area (Å²) in [6.07, 6.45) is 2.58. The zero-order chi connectivity index (χ0) is 11.3. The van der Waals surface area contributed by atoms with Crippen molar-refractivity contribution in [3.8, 4) is 0 Å². The maximum absolute atomic E-state index is 11.5. The molecular formula is C11H21NO3. The monoisotopic (exact) mass is 215 g/mol. The van der Waals surface area contributed by atoms with E-state index in [0.717, 1.165) is 19.4 Å². The lowest BCUT2D eigenvalue weighted by Gasteiger charge is -2.22. The molecule has 1 amide bonds. The third kappa shape index (κ3) is 4.62. The highest BCUT2D eigenvalue weighted by Gasteiger charge is 2.21. The molecule has 0 aromatic rings. The fraction of sp³-hybridized carbons (Fsp3) is 0.909. The molecule has 1 atom stereocenters. The van der Waals surface area contributed by atoms with Gasteiger partial charge in [0, 0.05) is 25.2 Å². The molecule has 0 aromatic heterocycles. The molecule has 4 nitrogen and oxygen atoms in total. The van der Waals surface area contributed by atoms with Crippen molar-refractivity contribution >= 4 is 5.91 Å². The highest BCUT2D eigenvalue weighted by atomic mass is 16.5. The van der Waals surface area contributed by atoms with Gasteiger partial charge in [0.2, 0.25) is 5.91 Å². The Bertz CT molecular complexity index is 210. The molecule has 1 saturated heterocycles. The second-order valence-electron chi connectivity index (χ2n) is 4.94. The van der Waals surface area contributed by atoms with Crippen LogP contribution in [0.1, 0.15) is 33.1 Å². The summed E-state index contributed by atoms with van der Waals surface area (Å²) < 4.78 is 5.37. The average Bonchev–Trinajstić information content (AvgIpc) is 2.68. The second-order valence-corrected chi connectivity index (χ2v) is 4.94. The van der Waals surface area contributed by atoms with Crippen LogP contribution >= 0.6 is 0 Å². The van der Waals surface area contributed by atoms with Gasteiger partial charge in [-0.15, -0.1) is 0 Å². The van der Waals surface area contributed by atoms with E-state index in [1.165, 1.54) is 0 Å². The van der Waals surface area contributed by atoms with E-state index in [1.807, 2.05) is 13.8 Å². The molecule has 1 aliphatic heterocycles. The van der Waals surface area contributed by atoms with E-state index >= 15 is 0 Å². The number of carbonyl (C=O) groups is 1. The Morgan fingerprint density at radius 1 is 1.60 bits per heavy atom. The number of carbonyl (C=O) groups excluding carboxylic acids is 1. The van der Waals surface area contributed by atoms with Gasteiger partial charge in [-0.1, -0.05) is 13.8 Å². The van der Waals surface area contributed by atoms with Crippen molar-refractivity contribution in [2.75, 3.05) is 19.8 Å². The molecule has 1 heterocycles. The number of aliphatic hydroxyl groups excluding tert-OH is 1. The Labute approximate surface area is 91.0 Å². The van der Waals surface area contributed by atoms with Gasteiger partial charge in [-0.3, -0.25) is 4.79 Å². The van der Waals surface area contributed by atoms with Crippen molar-refractivity contribution in [2.24, 2.45) is 5.41 Å². The zero-order valence-electron chi connectivity index (χ0n) is 9.58. The predicted octanol–water partition coefficient (Wildman–Crippen LogP) is 0.690. The Kier molecular flexibility index (Phi) is 4.54. The summed E-state index contributed by atoms with van der Waals surface area (Å²) in [5, 5.41) is 11.8. The number of hydrogen-bond acceptors (Lipinski definition) is 3. The first-order chi connectivity index (χ1) is 7.03. The molecule has 1 aliphatic rings. The fourth-order valence-corrected chi connectivity index (χ4v) is 1.48. The van der Waals surface area contributed by atoms with Crippen LogP contribution in [0.15, 0.2) is 0 Å². The third-order valence-electron chi connectivity index (χ3n) is 2.63. The van der Waals surface area contributed by atoms with Gasteiger partial charge in [0.15, 0.2) is 0 Å². The van der Waals surface area contributed by atoms with E-state index in [1.54, 1.807) is 0 Å². The van der Waals surface area contributed by atoms with E-state index in [2.05, 4.69) is 5.32 Å². The zero-order valence-corrected chi connectivity index (χ0v) is 9.58. The summed E-state index contributed by atoms with van der Waals surface area (Å²) in [6, 6.07) is 0. The van der Waals surface area contributed by atoms with Gasteiger partial charge in [-0.2, -0.15) is 0 Å². The molecule has 0 radical (unpaired) electrons. The first-order valence-electron chi connectivity index (χ1n) is 5.53. The Morgan fingerprint density at radius 3 is 2.87 bits per heavy atom. The van der Waals surface area contributed by atoms with Gasteiger partial charge in [-0.05, 0) is 12.8 Å². The van der Waals surface area contributed by atoms with Crippen LogP contribution in [0.25, 0.3) is 0 Å². The smallest absolute Gasteiger partial charge is 0.222 e. The third-order valence-corrected chi connectivity index (χ3v) is 2.63. The molecule has 0 aliphatic carbocycles. The SMILES string of the molecule is CC(C)(CO)CNC(=O)CC1CCCO1. The lowest BCUT2D eigenvalue weighted by atomic mass is 9.95. The maximum atomic E-state index is 11.5. The van der Waals surface area contributed by atoms with Crippen LogP contribution in [-0.2, 0) is 9.53 Å². The topological polar surface area (TPSA) is 58.6 Å². The van der Waals surface area contributed by atoms with Crippen LogP contribution in [0.4, 0.5) is 0 Å². The van der Waals surface area contributed by atoms with Gasteiger partial charge in [0.05, 0.1) is 12.5 Å². The predicted molar refractivity (Wildman–Crippen MR) is 57.5 cm³/mol. The highest BCUT2D eigenvalue weighted by Crippen LogP contribution is 2.15. The minimum absolute atomic E-state index is 0.0171. The molecule has 0 saturated carbocycles. The summed E-state index contributed by atoms with van der Waals surface area (Å²) in [5.74, 6) is 0.0171. The average molecular weight is 215 g/mol. The van der Waals surface area contributed by atoms with Crippen LogP contribution in [0, 0.1) is 5.41 Å². The summed E-state index contributed by atoms with van der Waals surface area (Å²) in [5.41, 5.74) is -0.244. The Hall–Kier alpha value is -0.610. The molecular weight excluding hydrogens is 194 g/mol. The molecule has 0 bridgehead atoms. The minimum Gasteiger partial charge on any atom is -0.396 e. The normalized spacial score (nSPS) is 21.7. The highest BCUT2D eigenvalue weighted by molar-refractivity contribution is 5.76. The van der Waals surface area contributed by atoms with E-state index in [-0.39, 0.29) is 24.0 Å². The molecule has 0 spiro atoms. The van der Waals surface area contributed by atoms with E-state index < -0.39 is 0 Å². The van der Waals surface area contributed by atoms with Crippen LogP contribution in [-0.4, -0.2) is 36.9 Å². The van der Waals surface area contributed by atoms with Crippen molar-refractivity contribution in [2.45, 2.75) is 39.2 Å². The molecule has 0 aromatic carbocycles. The number of nitrogens with one attached hydrogen (secondary N) is 1.